The molecule has 0 unspecified atom stereocenters. The molecule has 14 heavy (non-hydrogen) atoms. The third-order valence-electron chi connectivity index (χ3n) is 3.01. The quantitative estimate of drug-likeness (QED) is 0.684. The minimum Gasteiger partial charge on any atom is -0.379 e. The largest absolute Gasteiger partial charge is 0.379 e. The molecule has 1 N–H and O–H groups in total. The second-order valence-electron chi connectivity index (χ2n) is 5.48. The zero-order chi connectivity index (χ0) is 11.2. The molecule has 0 aliphatic rings. The Hall–Kier alpha value is -0.0800. The number of methoxy groups -OCH3 is 1. The van der Waals surface area contributed by atoms with Crippen molar-refractivity contribution in [2.75, 3.05) is 20.7 Å². The normalized spacial score (nSPS) is 13.3. The van der Waals surface area contributed by atoms with Crippen molar-refractivity contribution >= 4 is 0 Å². The fourth-order valence-electron chi connectivity index (χ4n) is 1.33. The summed E-state index contributed by atoms with van der Waals surface area (Å²) in [6, 6.07) is 0. The van der Waals surface area contributed by atoms with Gasteiger partial charge in [-0.15, -0.1) is 0 Å². The molecule has 0 aliphatic carbocycles. The van der Waals surface area contributed by atoms with Crippen LogP contribution in [0.15, 0.2) is 0 Å². The van der Waals surface area contributed by atoms with Crippen LogP contribution in [0.3, 0.4) is 0 Å². The van der Waals surface area contributed by atoms with Crippen molar-refractivity contribution in [3.05, 3.63) is 0 Å². The molecule has 0 rings (SSSR count). The highest BCUT2D eigenvalue weighted by molar-refractivity contribution is 4.76. The zero-order valence-electron chi connectivity index (χ0n) is 10.7. The lowest BCUT2D eigenvalue weighted by atomic mass is 9.81. The van der Waals surface area contributed by atoms with Gasteiger partial charge in [0.25, 0.3) is 0 Å². The van der Waals surface area contributed by atoms with Crippen LogP contribution in [0.25, 0.3) is 0 Å². The SMILES string of the molecule is CNCCC(C)(C)CCC(C)(C)OC. The van der Waals surface area contributed by atoms with Gasteiger partial charge in [0.15, 0.2) is 0 Å². The molecule has 0 saturated heterocycles. The summed E-state index contributed by atoms with van der Waals surface area (Å²) in [6.07, 6.45) is 3.57. The van der Waals surface area contributed by atoms with Gasteiger partial charge in [0.05, 0.1) is 5.60 Å². The Bertz CT molecular complexity index is 152. The molecule has 0 spiro atoms. The second kappa shape index (κ2) is 5.72. The molecule has 0 aromatic heterocycles. The zero-order valence-corrected chi connectivity index (χ0v) is 10.7. The summed E-state index contributed by atoms with van der Waals surface area (Å²) in [4.78, 5) is 0. The van der Waals surface area contributed by atoms with Gasteiger partial charge in [-0.1, -0.05) is 13.8 Å². The van der Waals surface area contributed by atoms with Crippen LogP contribution in [-0.4, -0.2) is 26.3 Å². The number of rotatable bonds is 7. The van der Waals surface area contributed by atoms with Crippen molar-refractivity contribution in [1.29, 1.82) is 0 Å². The Morgan fingerprint density at radius 3 is 2.00 bits per heavy atom. The fraction of sp³-hybridized carbons (Fsp3) is 1.00. The summed E-state index contributed by atoms with van der Waals surface area (Å²) >= 11 is 0. The lowest BCUT2D eigenvalue weighted by molar-refractivity contribution is 0.00535. The Labute approximate surface area is 89.4 Å². The highest BCUT2D eigenvalue weighted by Crippen LogP contribution is 2.30. The van der Waals surface area contributed by atoms with Crippen LogP contribution in [0.4, 0.5) is 0 Å². The minimum atomic E-state index is 0.0247. The van der Waals surface area contributed by atoms with Crippen LogP contribution in [0.2, 0.25) is 0 Å². The molecule has 86 valence electrons. The molecule has 2 nitrogen and oxygen atoms in total. The van der Waals surface area contributed by atoms with E-state index in [0.29, 0.717) is 5.41 Å². The third kappa shape index (κ3) is 6.39. The molecule has 0 radical (unpaired) electrons. The summed E-state index contributed by atoms with van der Waals surface area (Å²) in [5.74, 6) is 0. The van der Waals surface area contributed by atoms with Gasteiger partial charge in [-0.2, -0.15) is 0 Å². The van der Waals surface area contributed by atoms with E-state index in [-0.39, 0.29) is 5.60 Å². The monoisotopic (exact) mass is 201 g/mol. The lowest BCUT2D eigenvalue weighted by Gasteiger charge is -2.30. The summed E-state index contributed by atoms with van der Waals surface area (Å²) in [5, 5.41) is 3.20. The van der Waals surface area contributed by atoms with Crippen molar-refractivity contribution in [1.82, 2.24) is 5.32 Å². The first-order valence-corrected chi connectivity index (χ1v) is 5.53. The first kappa shape index (κ1) is 13.9. The third-order valence-corrected chi connectivity index (χ3v) is 3.01. The molecule has 0 saturated carbocycles. The molecule has 0 aromatic rings. The minimum absolute atomic E-state index is 0.0247. The topological polar surface area (TPSA) is 21.3 Å². The molecule has 0 atom stereocenters. The van der Waals surface area contributed by atoms with E-state index in [0.717, 1.165) is 13.0 Å². The Balaban J connectivity index is 3.85. The number of hydrogen-bond acceptors (Lipinski definition) is 2. The van der Waals surface area contributed by atoms with E-state index in [9.17, 15) is 0 Å². The highest BCUT2D eigenvalue weighted by Gasteiger charge is 2.23. The van der Waals surface area contributed by atoms with E-state index in [1.807, 2.05) is 7.05 Å². The first-order chi connectivity index (χ1) is 6.33. The van der Waals surface area contributed by atoms with Crippen molar-refractivity contribution in [3.63, 3.8) is 0 Å². The maximum absolute atomic E-state index is 5.42. The Morgan fingerprint density at radius 1 is 1.00 bits per heavy atom. The van der Waals surface area contributed by atoms with Crippen molar-refractivity contribution in [2.45, 2.75) is 52.6 Å². The molecule has 2 heteroatoms. The van der Waals surface area contributed by atoms with Gasteiger partial charge in [-0.05, 0) is 52.1 Å². The fourth-order valence-corrected chi connectivity index (χ4v) is 1.33. The number of ether oxygens (including phenoxy) is 1. The molecular formula is C12H27NO. The number of hydrogen-bond donors (Lipinski definition) is 1. The van der Waals surface area contributed by atoms with E-state index in [2.05, 4.69) is 33.0 Å². The standard InChI is InChI=1S/C12H27NO/c1-11(2,9-10-13-5)7-8-12(3,4)14-6/h13H,7-10H2,1-6H3. The summed E-state index contributed by atoms with van der Waals surface area (Å²) < 4.78 is 5.42. The lowest BCUT2D eigenvalue weighted by Crippen LogP contribution is -2.27. The highest BCUT2D eigenvalue weighted by atomic mass is 16.5. The smallest absolute Gasteiger partial charge is 0.0623 e. The van der Waals surface area contributed by atoms with Crippen molar-refractivity contribution < 1.29 is 4.74 Å². The average molecular weight is 201 g/mol. The Morgan fingerprint density at radius 2 is 1.57 bits per heavy atom. The van der Waals surface area contributed by atoms with E-state index < -0.39 is 0 Å². The van der Waals surface area contributed by atoms with Crippen LogP contribution in [0, 0.1) is 5.41 Å². The van der Waals surface area contributed by atoms with Crippen LogP contribution in [0.5, 0.6) is 0 Å². The van der Waals surface area contributed by atoms with Gasteiger partial charge >= 0.3 is 0 Å². The van der Waals surface area contributed by atoms with E-state index >= 15 is 0 Å². The predicted octanol–water partition coefficient (Wildman–Crippen LogP) is 2.83. The Kier molecular flexibility index (Phi) is 5.68. The van der Waals surface area contributed by atoms with Crippen molar-refractivity contribution in [2.24, 2.45) is 5.41 Å². The van der Waals surface area contributed by atoms with E-state index in [1.165, 1.54) is 12.8 Å². The van der Waals surface area contributed by atoms with Gasteiger partial charge in [0, 0.05) is 7.11 Å². The van der Waals surface area contributed by atoms with Crippen LogP contribution >= 0.6 is 0 Å². The molecule has 0 aliphatic heterocycles. The van der Waals surface area contributed by atoms with Crippen LogP contribution < -0.4 is 5.32 Å². The van der Waals surface area contributed by atoms with Gasteiger partial charge in [-0.3, -0.25) is 0 Å². The summed E-state index contributed by atoms with van der Waals surface area (Å²) in [5.41, 5.74) is 0.440. The maximum Gasteiger partial charge on any atom is 0.0623 e. The molecule has 0 fully saturated rings. The second-order valence-corrected chi connectivity index (χ2v) is 5.48. The molecule has 0 heterocycles. The van der Waals surface area contributed by atoms with Crippen LogP contribution in [0.1, 0.15) is 47.0 Å². The molecule has 0 amide bonds. The van der Waals surface area contributed by atoms with Gasteiger partial charge < -0.3 is 10.1 Å². The summed E-state index contributed by atoms with van der Waals surface area (Å²) in [6.45, 7) is 10.1. The predicted molar refractivity (Wildman–Crippen MR) is 62.6 cm³/mol. The molecule has 0 bridgehead atoms. The van der Waals surface area contributed by atoms with Gasteiger partial charge in [-0.25, -0.2) is 0 Å². The van der Waals surface area contributed by atoms with Crippen LogP contribution in [-0.2, 0) is 4.74 Å². The van der Waals surface area contributed by atoms with Gasteiger partial charge in [0.2, 0.25) is 0 Å². The molecule has 0 aromatic carbocycles. The number of nitrogens with one attached hydrogen (secondary N) is 1. The van der Waals surface area contributed by atoms with Gasteiger partial charge in [0.1, 0.15) is 0 Å². The maximum atomic E-state index is 5.42. The average Bonchev–Trinajstić information content (AvgIpc) is 2.12. The first-order valence-electron chi connectivity index (χ1n) is 5.53. The van der Waals surface area contributed by atoms with E-state index in [4.69, 9.17) is 4.74 Å². The molecular weight excluding hydrogens is 174 g/mol. The van der Waals surface area contributed by atoms with E-state index in [1.54, 1.807) is 7.11 Å². The summed E-state index contributed by atoms with van der Waals surface area (Å²) in [7, 11) is 3.80. The van der Waals surface area contributed by atoms with Crippen molar-refractivity contribution in [3.8, 4) is 0 Å².